The van der Waals surface area contributed by atoms with Crippen LogP contribution in [0.25, 0.3) is 0 Å². The van der Waals surface area contributed by atoms with Crippen LogP contribution in [-0.4, -0.2) is 35.8 Å². The summed E-state index contributed by atoms with van der Waals surface area (Å²) in [5, 5.41) is 5.60. The van der Waals surface area contributed by atoms with Gasteiger partial charge in [0.1, 0.15) is 0 Å². The van der Waals surface area contributed by atoms with Crippen molar-refractivity contribution in [3.8, 4) is 0 Å². The van der Waals surface area contributed by atoms with Crippen molar-refractivity contribution in [1.82, 2.24) is 15.5 Å². The number of nitrogens with zero attached hydrogens (tertiary/aromatic N) is 1. The number of benzene rings is 1. The minimum Gasteiger partial charge on any atom is -0.349 e. The van der Waals surface area contributed by atoms with Crippen LogP contribution in [0.4, 0.5) is 4.79 Å². The molecular weight excluding hydrogens is 318 g/mol. The van der Waals surface area contributed by atoms with E-state index >= 15 is 0 Å². The van der Waals surface area contributed by atoms with Gasteiger partial charge < -0.3 is 10.6 Å². The average molecular weight is 343 g/mol. The molecule has 0 bridgehead atoms. The van der Waals surface area contributed by atoms with Crippen LogP contribution in [0.15, 0.2) is 24.3 Å². The molecule has 1 aromatic carbocycles. The summed E-state index contributed by atoms with van der Waals surface area (Å²) in [4.78, 5) is 36.5. The molecule has 2 N–H and O–H groups in total. The number of hydrogen-bond acceptors (Lipinski definition) is 3. The van der Waals surface area contributed by atoms with Crippen LogP contribution in [0, 0.1) is 0 Å². The van der Waals surface area contributed by atoms with Gasteiger partial charge >= 0.3 is 6.03 Å². The third-order valence-corrected chi connectivity index (χ3v) is 5.18. The van der Waals surface area contributed by atoms with Gasteiger partial charge in [0.25, 0.3) is 0 Å². The van der Waals surface area contributed by atoms with E-state index < -0.39 is 0 Å². The van der Waals surface area contributed by atoms with Crippen LogP contribution in [0.5, 0.6) is 0 Å². The second-order valence-corrected chi connectivity index (χ2v) is 7.44. The van der Waals surface area contributed by atoms with Crippen molar-refractivity contribution in [2.45, 2.75) is 51.0 Å². The first-order valence-corrected chi connectivity index (χ1v) is 8.85. The molecule has 6 nitrogen and oxygen atoms in total. The number of hydrogen-bond donors (Lipinski definition) is 2. The Morgan fingerprint density at radius 2 is 2.08 bits per heavy atom. The molecule has 1 aliphatic carbocycles. The molecule has 4 amide bonds. The van der Waals surface area contributed by atoms with Gasteiger partial charge in [-0.2, -0.15) is 0 Å². The molecule has 1 atom stereocenters. The fourth-order valence-electron chi connectivity index (χ4n) is 3.71. The van der Waals surface area contributed by atoms with Crippen molar-refractivity contribution >= 4 is 17.8 Å². The molecule has 134 valence electrons. The molecular formula is C19H25N3O3. The Kier molecular flexibility index (Phi) is 4.79. The molecule has 25 heavy (non-hydrogen) atoms. The third-order valence-electron chi connectivity index (χ3n) is 5.18. The zero-order chi connectivity index (χ0) is 18.0. The maximum absolute atomic E-state index is 12.3. The van der Waals surface area contributed by atoms with Crippen molar-refractivity contribution in [2.24, 2.45) is 0 Å². The lowest BCUT2D eigenvalue weighted by Crippen LogP contribution is -2.36. The number of fused-ring (bicyclic) bond motifs is 1. The van der Waals surface area contributed by atoms with Gasteiger partial charge in [-0.05, 0) is 35.8 Å². The number of amides is 4. The molecule has 0 saturated carbocycles. The first-order chi connectivity index (χ1) is 11.9. The Bertz CT molecular complexity index is 683. The topological polar surface area (TPSA) is 78.5 Å². The maximum Gasteiger partial charge on any atom is 0.324 e. The second-order valence-electron chi connectivity index (χ2n) is 7.44. The number of rotatable bonds is 5. The molecule has 1 heterocycles. The van der Waals surface area contributed by atoms with E-state index in [1.807, 2.05) is 12.1 Å². The molecule has 3 rings (SSSR count). The monoisotopic (exact) mass is 343 g/mol. The SMILES string of the molecule is CC1(C)CCC(NC(=O)CCCN2C(=O)CNC2=O)c2ccccc21. The highest BCUT2D eigenvalue weighted by Crippen LogP contribution is 2.41. The Labute approximate surface area is 148 Å². The standard InChI is InChI=1S/C19H25N3O3/c1-19(2)10-9-15(13-6-3-4-7-14(13)19)21-16(23)8-5-11-22-17(24)12-20-18(22)25/h3-4,6-7,15H,5,8-12H2,1-2H3,(H,20,25)(H,21,23). The highest BCUT2D eigenvalue weighted by atomic mass is 16.2. The normalized spacial score (nSPS) is 21.7. The molecule has 6 heteroatoms. The van der Waals surface area contributed by atoms with E-state index in [0.29, 0.717) is 12.8 Å². The van der Waals surface area contributed by atoms with Crippen molar-refractivity contribution in [2.75, 3.05) is 13.1 Å². The van der Waals surface area contributed by atoms with Gasteiger partial charge in [0.15, 0.2) is 0 Å². The minimum atomic E-state index is -0.367. The van der Waals surface area contributed by atoms with Gasteiger partial charge in [-0.15, -0.1) is 0 Å². The number of imide groups is 1. The first-order valence-electron chi connectivity index (χ1n) is 8.85. The van der Waals surface area contributed by atoms with Crippen LogP contribution >= 0.6 is 0 Å². The zero-order valence-electron chi connectivity index (χ0n) is 14.8. The summed E-state index contributed by atoms with van der Waals surface area (Å²) in [6, 6.07) is 7.96. The van der Waals surface area contributed by atoms with E-state index in [-0.39, 0.29) is 42.4 Å². The lowest BCUT2D eigenvalue weighted by Gasteiger charge is -2.37. The molecule has 1 saturated heterocycles. The summed E-state index contributed by atoms with van der Waals surface area (Å²) in [6.07, 6.45) is 2.73. The number of nitrogens with one attached hydrogen (secondary N) is 2. The van der Waals surface area contributed by atoms with Gasteiger partial charge in [0, 0.05) is 13.0 Å². The van der Waals surface area contributed by atoms with Crippen LogP contribution in [0.2, 0.25) is 0 Å². The van der Waals surface area contributed by atoms with Gasteiger partial charge in [-0.25, -0.2) is 4.79 Å². The molecule has 2 aliphatic rings. The van der Waals surface area contributed by atoms with Crippen LogP contribution in [0.3, 0.4) is 0 Å². The summed E-state index contributed by atoms with van der Waals surface area (Å²) in [5.74, 6) is -0.264. The van der Waals surface area contributed by atoms with Crippen molar-refractivity contribution in [3.63, 3.8) is 0 Å². The van der Waals surface area contributed by atoms with Gasteiger partial charge in [0.05, 0.1) is 12.6 Å². The average Bonchev–Trinajstić information content (AvgIpc) is 2.90. The number of carbonyl (C=O) groups excluding carboxylic acids is 3. The summed E-state index contributed by atoms with van der Waals surface area (Å²) in [5.41, 5.74) is 2.62. The Morgan fingerprint density at radius 3 is 2.80 bits per heavy atom. The third kappa shape index (κ3) is 3.67. The van der Waals surface area contributed by atoms with E-state index in [1.165, 1.54) is 16.0 Å². The lowest BCUT2D eigenvalue weighted by molar-refractivity contribution is -0.126. The van der Waals surface area contributed by atoms with E-state index in [2.05, 4.69) is 36.6 Å². The quantitative estimate of drug-likeness (QED) is 0.805. The number of carbonyl (C=O) groups is 3. The minimum absolute atomic E-state index is 0.0356. The van der Waals surface area contributed by atoms with Crippen molar-refractivity contribution in [3.05, 3.63) is 35.4 Å². The van der Waals surface area contributed by atoms with Crippen molar-refractivity contribution in [1.29, 1.82) is 0 Å². The summed E-state index contributed by atoms with van der Waals surface area (Å²) in [7, 11) is 0. The molecule has 0 aromatic heterocycles. The first kappa shape index (κ1) is 17.5. The van der Waals surface area contributed by atoms with Gasteiger partial charge in [-0.1, -0.05) is 38.1 Å². The molecule has 1 fully saturated rings. The Hall–Kier alpha value is -2.37. The smallest absolute Gasteiger partial charge is 0.324 e. The predicted molar refractivity (Wildman–Crippen MR) is 93.9 cm³/mol. The van der Waals surface area contributed by atoms with Crippen LogP contribution in [-0.2, 0) is 15.0 Å². The molecule has 1 aliphatic heterocycles. The summed E-state index contributed by atoms with van der Waals surface area (Å²) < 4.78 is 0. The number of urea groups is 1. The molecule has 1 unspecified atom stereocenters. The lowest BCUT2D eigenvalue weighted by atomic mass is 9.71. The fourth-order valence-corrected chi connectivity index (χ4v) is 3.71. The van der Waals surface area contributed by atoms with Gasteiger partial charge in [0.2, 0.25) is 11.8 Å². The van der Waals surface area contributed by atoms with Crippen LogP contribution < -0.4 is 10.6 Å². The van der Waals surface area contributed by atoms with Crippen molar-refractivity contribution < 1.29 is 14.4 Å². The Balaban J connectivity index is 1.55. The van der Waals surface area contributed by atoms with E-state index in [0.717, 1.165) is 12.8 Å². The largest absolute Gasteiger partial charge is 0.349 e. The van der Waals surface area contributed by atoms with E-state index in [1.54, 1.807) is 0 Å². The summed E-state index contributed by atoms with van der Waals surface area (Å²) >= 11 is 0. The van der Waals surface area contributed by atoms with E-state index in [9.17, 15) is 14.4 Å². The fraction of sp³-hybridized carbons (Fsp3) is 0.526. The summed E-state index contributed by atoms with van der Waals surface area (Å²) in [6.45, 7) is 4.82. The molecule has 0 radical (unpaired) electrons. The van der Waals surface area contributed by atoms with E-state index in [4.69, 9.17) is 0 Å². The highest BCUT2D eigenvalue weighted by molar-refractivity contribution is 6.01. The zero-order valence-corrected chi connectivity index (χ0v) is 14.8. The molecule has 0 spiro atoms. The highest BCUT2D eigenvalue weighted by Gasteiger charge is 2.33. The molecule has 1 aromatic rings. The maximum atomic E-state index is 12.3. The predicted octanol–water partition coefficient (Wildman–Crippen LogP) is 2.25. The van der Waals surface area contributed by atoms with Gasteiger partial charge in [-0.3, -0.25) is 14.5 Å². The second kappa shape index (κ2) is 6.86. The van der Waals surface area contributed by atoms with Crippen LogP contribution in [0.1, 0.15) is 56.7 Å². The Morgan fingerprint density at radius 1 is 1.32 bits per heavy atom.